The van der Waals surface area contributed by atoms with Gasteiger partial charge in [-0.1, -0.05) is 30.3 Å². The van der Waals surface area contributed by atoms with Crippen molar-refractivity contribution in [1.29, 1.82) is 0 Å². The maximum Gasteiger partial charge on any atom is 0.261 e. The van der Waals surface area contributed by atoms with Gasteiger partial charge in [0.15, 0.2) is 0 Å². The van der Waals surface area contributed by atoms with Crippen LogP contribution in [0.15, 0.2) is 60.7 Å². The van der Waals surface area contributed by atoms with Crippen LogP contribution in [0.2, 0.25) is 0 Å². The molecule has 0 aliphatic rings. The molecule has 0 aliphatic heterocycles. The van der Waals surface area contributed by atoms with Crippen LogP contribution in [0.3, 0.4) is 0 Å². The molecule has 2 aromatic heterocycles. The number of nitrogens with one attached hydrogen (secondary N) is 1. The molecule has 7 heteroatoms. The summed E-state index contributed by atoms with van der Waals surface area (Å²) in [7, 11) is 3.82. The number of benzene rings is 2. The zero-order chi connectivity index (χ0) is 22.0. The van der Waals surface area contributed by atoms with Gasteiger partial charge in [0, 0.05) is 20.1 Å². The molecule has 31 heavy (non-hydrogen) atoms. The number of anilines is 1. The third-order valence-corrected chi connectivity index (χ3v) is 6.22. The fourth-order valence-corrected chi connectivity index (χ4v) is 4.51. The first-order valence-electron chi connectivity index (χ1n) is 10.2. The number of nitrogens with zero attached hydrogens (tertiary/aromatic N) is 3. The summed E-state index contributed by atoms with van der Waals surface area (Å²) in [5, 5.41) is 3.10. The number of imidazole rings is 1. The number of rotatable bonds is 7. The van der Waals surface area contributed by atoms with Gasteiger partial charge in [-0.05, 0) is 55.7 Å². The highest BCUT2D eigenvalue weighted by molar-refractivity contribution is 7.20. The Morgan fingerprint density at radius 1 is 1.16 bits per heavy atom. The van der Waals surface area contributed by atoms with E-state index < -0.39 is 0 Å². The highest BCUT2D eigenvalue weighted by atomic mass is 32.1. The van der Waals surface area contributed by atoms with Crippen LogP contribution in [0.5, 0.6) is 0 Å². The number of aromatic nitrogens is 2. The van der Waals surface area contributed by atoms with E-state index in [0.29, 0.717) is 4.88 Å². The maximum absolute atomic E-state index is 13.4. The zero-order valence-electron chi connectivity index (χ0n) is 17.8. The number of fused-ring (bicyclic) bond motifs is 1. The first kappa shape index (κ1) is 21.1. The van der Waals surface area contributed by atoms with Crippen molar-refractivity contribution in [2.45, 2.75) is 25.8 Å². The van der Waals surface area contributed by atoms with E-state index in [0.717, 1.165) is 34.8 Å². The van der Waals surface area contributed by atoms with Crippen molar-refractivity contribution in [3.63, 3.8) is 0 Å². The molecule has 0 fully saturated rings. The summed E-state index contributed by atoms with van der Waals surface area (Å²) in [6.45, 7) is 2.02. The lowest BCUT2D eigenvalue weighted by Crippen LogP contribution is -2.32. The fraction of sp³-hybridized carbons (Fsp3) is 0.250. The van der Waals surface area contributed by atoms with Crippen molar-refractivity contribution < 1.29 is 9.18 Å². The first-order valence-corrected chi connectivity index (χ1v) is 11.0. The van der Waals surface area contributed by atoms with Gasteiger partial charge in [-0.3, -0.25) is 9.36 Å². The van der Waals surface area contributed by atoms with Gasteiger partial charge in [0.25, 0.3) is 5.91 Å². The van der Waals surface area contributed by atoms with Crippen LogP contribution in [0.25, 0.3) is 16.0 Å². The van der Waals surface area contributed by atoms with Gasteiger partial charge in [-0.25, -0.2) is 9.37 Å². The normalized spacial score (nSPS) is 12.1. The zero-order valence-corrected chi connectivity index (χ0v) is 18.6. The molecular weight excluding hydrogens is 411 g/mol. The predicted molar refractivity (Wildman–Crippen MR) is 125 cm³/mol. The van der Waals surface area contributed by atoms with Gasteiger partial charge in [-0.15, -0.1) is 11.3 Å². The molecule has 1 N–H and O–H groups in total. The van der Waals surface area contributed by atoms with Gasteiger partial charge in [0.1, 0.15) is 16.2 Å². The molecule has 1 atom stereocenters. The molecule has 2 aromatic carbocycles. The Morgan fingerprint density at radius 2 is 1.87 bits per heavy atom. The van der Waals surface area contributed by atoms with E-state index in [1.165, 1.54) is 29.0 Å². The average molecular weight is 437 g/mol. The lowest BCUT2D eigenvalue weighted by Gasteiger charge is -2.15. The Balaban J connectivity index is 1.54. The van der Waals surface area contributed by atoms with E-state index in [4.69, 9.17) is 4.98 Å². The van der Waals surface area contributed by atoms with Crippen molar-refractivity contribution in [3.8, 4) is 5.69 Å². The summed E-state index contributed by atoms with van der Waals surface area (Å²) in [6, 6.07) is 18.4. The first-order chi connectivity index (χ1) is 14.9. The molecule has 160 valence electrons. The maximum atomic E-state index is 13.4. The Kier molecular flexibility index (Phi) is 6.04. The Hall–Kier alpha value is -3.19. The van der Waals surface area contributed by atoms with Crippen LogP contribution >= 0.6 is 11.3 Å². The van der Waals surface area contributed by atoms with E-state index in [1.54, 1.807) is 12.1 Å². The Morgan fingerprint density at radius 3 is 2.55 bits per heavy atom. The number of halogens is 1. The van der Waals surface area contributed by atoms with Crippen molar-refractivity contribution >= 4 is 33.5 Å². The minimum absolute atomic E-state index is 0.0543. The van der Waals surface area contributed by atoms with E-state index in [2.05, 4.69) is 17.4 Å². The van der Waals surface area contributed by atoms with Crippen molar-refractivity contribution in [2.75, 3.05) is 19.0 Å². The predicted octanol–water partition coefficient (Wildman–Crippen LogP) is 5.04. The second kappa shape index (κ2) is 8.89. The summed E-state index contributed by atoms with van der Waals surface area (Å²) in [4.78, 5) is 20.9. The highest BCUT2D eigenvalue weighted by Gasteiger charge is 2.20. The summed E-state index contributed by atoms with van der Waals surface area (Å²) in [6.07, 6.45) is 1.78. The van der Waals surface area contributed by atoms with Gasteiger partial charge in [0.05, 0.1) is 10.6 Å². The lowest BCUT2D eigenvalue weighted by molar-refractivity contribution is 0.0942. The molecule has 5 nitrogen and oxygen atoms in total. The van der Waals surface area contributed by atoms with Crippen LogP contribution in [-0.2, 0) is 6.42 Å². The van der Waals surface area contributed by atoms with E-state index in [9.17, 15) is 9.18 Å². The van der Waals surface area contributed by atoms with Crippen LogP contribution in [0, 0.1) is 5.82 Å². The quantitative estimate of drug-likeness (QED) is 0.441. The smallest absolute Gasteiger partial charge is 0.261 e. The van der Waals surface area contributed by atoms with Crippen LogP contribution < -0.4 is 10.2 Å². The summed E-state index contributed by atoms with van der Waals surface area (Å²) in [5.41, 5.74) is 2.82. The SMILES string of the molecule is CC(CCc1ccccc1)NC(=O)c1cc2nc(N(C)C)n(-c3ccc(F)cc3)c2s1. The van der Waals surface area contributed by atoms with E-state index >= 15 is 0 Å². The Bertz CT molecular complexity index is 1180. The van der Waals surface area contributed by atoms with Crippen LogP contribution in [-0.4, -0.2) is 35.6 Å². The van der Waals surface area contributed by atoms with Crippen molar-refractivity contribution in [1.82, 2.24) is 14.9 Å². The van der Waals surface area contributed by atoms with E-state index in [-0.39, 0.29) is 17.8 Å². The van der Waals surface area contributed by atoms with Gasteiger partial charge >= 0.3 is 0 Å². The standard InChI is InChI=1S/C24H25FN4OS/c1-16(9-10-17-7-5-4-6-8-17)26-22(30)21-15-20-23(31-21)29(24(27-20)28(2)3)19-13-11-18(25)12-14-19/h4-8,11-16H,9-10H2,1-3H3,(H,26,30). The molecule has 0 radical (unpaired) electrons. The molecule has 0 saturated carbocycles. The number of carbonyl (C=O) groups is 1. The average Bonchev–Trinajstić information content (AvgIpc) is 3.32. The van der Waals surface area contributed by atoms with Crippen molar-refractivity contribution in [3.05, 3.63) is 76.9 Å². The van der Waals surface area contributed by atoms with E-state index in [1.807, 2.05) is 54.8 Å². The molecule has 1 amide bonds. The van der Waals surface area contributed by atoms with Gasteiger partial charge < -0.3 is 10.2 Å². The highest BCUT2D eigenvalue weighted by Crippen LogP contribution is 2.32. The number of hydrogen-bond donors (Lipinski definition) is 1. The number of aryl methyl sites for hydroxylation is 1. The van der Waals surface area contributed by atoms with Gasteiger partial charge in [-0.2, -0.15) is 0 Å². The molecular formula is C24H25FN4OS. The molecule has 1 unspecified atom stereocenters. The number of hydrogen-bond acceptors (Lipinski definition) is 4. The fourth-order valence-electron chi connectivity index (χ4n) is 3.49. The second-order valence-corrected chi connectivity index (χ2v) is 8.85. The Labute approximate surface area is 185 Å². The molecule has 0 aliphatic carbocycles. The lowest BCUT2D eigenvalue weighted by atomic mass is 10.1. The number of carbonyl (C=O) groups excluding carboxylic acids is 1. The summed E-state index contributed by atoms with van der Waals surface area (Å²) >= 11 is 1.39. The topological polar surface area (TPSA) is 50.2 Å². The minimum Gasteiger partial charge on any atom is -0.349 e. The second-order valence-electron chi connectivity index (χ2n) is 7.82. The summed E-state index contributed by atoms with van der Waals surface area (Å²) < 4.78 is 15.4. The van der Waals surface area contributed by atoms with Crippen LogP contribution in [0.4, 0.5) is 10.3 Å². The summed E-state index contributed by atoms with van der Waals surface area (Å²) in [5.74, 6) is 0.346. The van der Waals surface area contributed by atoms with Gasteiger partial charge in [0.2, 0.25) is 5.95 Å². The molecule has 0 saturated heterocycles. The molecule has 4 rings (SSSR count). The third kappa shape index (κ3) is 4.61. The van der Waals surface area contributed by atoms with Crippen molar-refractivity contribution in [2.24, 2.45) is 0 Å². The minimum atomic E-state index is -0.290. The third-order valence-electron chi connectivity index (χ3n) is 5.11. The largest absolute Gasteiger partial charge is 0.349 e. The molecule has 2 heterocycles. The molecule has 0 spiro atoms. The molecule has 0 bridgehead atoms. The molecule has 4 aromatic rings. The number of thiophene rings is 1. The monoisotopic (exact) mass is 436 g/mol. The number of amides is 1. The van der Waals surface area contributed by atoms with Crippen LogP contribution in [0.1, 0.15) is 28.6 Å².